The molecule has 5 heteroatoms. The molecule has 0 aromatic carbocycles. The van der Waals surface area contributed by atoms with Gasteiger partial charge < -0.3 is 15.4 Å². The van der Waals surface area contributed by atoms with Gasteiger partial charge in [0.1, 0.15) is 5.00 Å². The number of anilines is 2. The highest BCUT2D eigenvalue weighted by molar-refractivity contribution is 7.19. The molecule has 2 heterocycles. The Hall–Kier alpha value is -0.810. The molecule has 2 rings (SSSR count). The second kappa shape index (κ2) is 3.28. The van der Waals surface area contributed by atoms with E-state index in [0.717, 1.165) is 36.4 Å². The van der Waals surface area contributed by atoms with Crippen LogP contribution >= 0.6 is 11.3 Å². The SMILES string of the molecule is Nc1cnc(N2CCOCC2)s1. The molecule has 12 heavy (non-hydrogen) atoms. The molecule has 0 saturated carbocycles. The van der Waals surface area contributed by atoms with Gasteiger partial charge >= 0.3 is 0 Å². The maximum absolute atomic E-state index is 5.58. The topological polar surface area (TPSA) is 51.4 Å². The lowest BCUT2D eigenvalue weighted by atomic mass is 10.5. The summed E-state index contributed by atoms with van der Waals surface area (Å²) in [4.78, 5) is 6.40. The smallest absolute Gasteiger partial charge is 0.187 e. The molecule has 0 spiro atoms. The van der Waals surface area contributed by atoms with Crippen molar-refractivity contribution >= 4 is 21.5 Å². The summed E-state index contributed by atoms with van der Waals surface area (Å²) in [5.74, 6) is 0. The van der Waals surface area contributed by atoms with Gasteiger partial charge in [0.15, 0.2) is 5.13 Å². The molecule has 1 fully saturated rings. The third kappa shape index (κ3) is 1.51. The van der Waals surface area contributed by atoms with Crippen LogP contribution in [0.2, 0.25) is 0 Å². The van der Waals surface area contributed by atoms with Crippen molar-refractivity contribution in [1.82, 2.24) is 4.98 Å². The van der Waals surface area contributed by atoms with E-state index in [1.807, 2.05) is 0 Å². The van der Waals surface area contributed by atoms with E-state index in [0.29, 0.717) is 0 Å². The minimum atomic E-state index is 0.775. The van der Waals surface area contributed by atoms with E-state index in [2.05, 4.69) is 9.88 Å². The van der Waals surface area contributed by atoms with Crippen molar-refractivity contribution in [3.05, 3.63) is 6.20 Å². The van der Waals surface area contributed by atoms with Crippen LogP contribution in [0.4, 0.5) is 10.1 Å². The van der Waals surface area contributed by atoms with Crippen LogP contribution in [-0.2, 0) is 4.74 Å². The third-order valence-corrected chi connectivity index (χ3v) is 2.68. The van der Waals surface area contributed by atoms with Crippen molar-refractivity contribution in [3.8, 4) is 0 Å². The van der Waals surface area contributed by atoms with E-state index < -0.39 is 0 Å². The number of hydrogen-bond donors (Lipinski definition) is 1. The molecule has 0 aliphatic carbocycles. The van der Waals surface area contributed by atoms with Crippen LogP contribution in [0.1, 0.15) is 0 Å². The Morgan fingerprint density at radius 1 is 1.50 bits per heavy atom. The molecule has 0 bridgehead atoms. The van der Waals surface area contributed by atoms with Crippen LogP contribution < -0.4 is 10.6 Å². The van der Waals surface area contributed by atoms with Gasteiger partial charge in [-0.05, 0) is 0 Å². The normalized spacial score (nSPS) is 18.2. The van der Waals surface area contributed by atoms with E-state index in [1.165, 1.54) is 11.3 Å². The number of hydrogen-bond acceptors (Lipinski definition) is 5. The van der Waals surface area contributed by atoms with E-state index in [-0.39, 0.29) is 0 Å². The lowest BCUT2D eigenvalue weighted by molar-refractivity contribution is 0.122. The molecule has 1 aliphatic heterocycles. The first kappa shape index (κ1) is 7.82. The summed E-state index contributed by atoms with van der Waals surface area (Å²) in [6.45, 7) is 3.43. The second-order valence-electron chi connectivity index (χ2n) is 2.64. The largest absolute Gasteiger partial charge is 0.389 e. The van der Waals surface area contributed by atoms with Gasteiger partial charge in [0.25, 0.3) is 0 Å². The van der Waals surface area contributed by atoms with Crippen LogP contribution in [0.15, 0.2) is 6.20 Å². The predicted molar refractivity (Wildman–Crippen MR) is 49.6 cm³/mol. The van der Waals surface area contributed by atoms with Crippen molar-refractivity contribution in [2.24, 2.45) is 0 Å². The summed E-state index contributed by atoms with van der Waals surface area (Å²) < 4.78 is 5.23. The standard InChI is InChI=1S/C7H11N3OS/c8-6-5-9-7(12-6)10-1-3-11-4-2-10/h5H,1-4,8H2. The van der Waals surface area contributed by atoms with Gasteiger partial charge in [-0.2, -0.15) is 0 Å². The fourth-order valence-electron chi connectivity index (χ4n) is 1.18. The number of aromatic nitrogens is 1. The van der Waals surface area contributed by atoms with Gasteiger partial charge in [-0.15, -0.1) is 0 Å². The Bertz CT molecular complexity index is 257. The Balaban J connectivity index is 2.08. The van der Waals surface area contributed by atoms with Crippen molar-refractivity contribution in [2.75, 3.05) is 36.9 Å². The summed E-state index contributed by atoms with van der Waals surface area (Å²) in [6, 6.07) is 0. The van der Waals surface area contributed by atoms with Gasteiger partial charge in [-0.25, -0.2) is 4.98 Å². The fourth-order valence-corrected chi connectivity index (χ4v) is 1.91. The molecule has 66 valence electrons. The highest BCUT2D eigenvalue weighted by Crippen LogP contribution is 2.24. The first-order chi connectivity index (χ1) is 5.86. The van der Waals surface area contributed by atoms with Gasteiger partial charge in [0.2, 0.25) is 0 Å². The van der Waals surface area contributed by atoms with E-state index in [1.54, 1.807) is 6.20 Å². The van der Waals surface area contributed by atoms with Gasteiger partial charge in [-0.3, -0.25) is 0 Å². The predicted octanol–water partition coefficient (Wildman–Crippen LogP) is 0.562. The van der Waals surface area contributed by atoms with Crippen LogP contribution in [0, 0.1) is 0 Å². The Labute approximate surface area is 75.0 Å². The van der Waals surface area contributed by atoms with Crippen LogP contribution in [0.5, 0.6) is 0 Å². The molecule has 1 aliphatic rings. The van der Waals surface area contributed by atoms with Crippen molar-refractivity contribution in [2.45, 2.75) is 0 Å². The summed E-state index contributed by atoms with van der Waals surface area (Å²) in [5, 5.41) is 1.78. The average Bonchev–Trinajstić information content (AvgIpc) is 2.54. The quantitative estimate of drug-likeness (QED) is 0.694. The molecule has 0 atom stereocenters. The number of nitrogens with two attached hydrogens (primary N) is 1. The number of morpholine rings is 1. The first-order valence-corrected chi connectivity index (χ1v) is 4.72. The third-order valence-electron chi connectivity index (χ3n) is 1.79. The number of thiazole rings is 1. The van der Waals surface area contributed by atoms with E-state index in [4.69, 9.17) is 10.5 Å². The minimum Gasteiger partial charge on any atom is -0.389 e. The number of rotatable bonds is 1. The molecular formula is C7H11N3OS. The maximum atomic E-state index is 5.58. The lowest BCUT2D eigenvalue weighted by Crippen LogP contribution is -2.36. The Morgan fingerprint density at radius 2 is 2.25 bits per heavy atom. The minimum absolute atomic E-state index is 0.775. The molecule has 1 aromatic heterocycles. The van der Waals surface area contributed by atoms with E-state index in [9.17, 15) is 0 Å². The molecule has 0 radical (unpaired) electrons. The molecule has 0 unspecified atom stereocenters. The van der Waals surface area contributed by atoms with Crippen molar-refractivity contribution < 1.29 is 4.74 Å². The summed E-state index contributed by atoms with van der Waals surface area (Å²) >= 11 is 1.53. The molecule has 1 saturated heterocycles. The molecule has 1 aromatic rings. The lowest BCUT2D eigenvalue weighted by Gasteiger charge is -2.25. The average molecular weight is 185 g/mol. The molecule has 0 amide bonds. The maximum Gasteiger partial charge on any atom is 0.187 e. The zero-order chi connectivity index (χ0) is 8.39. The number of ether oxygens (including phenoxy) is 1. The highest BCUT2D eigenvalue weighted by atomic mass is 32.1. The van der Waals surface area contributed by atoms with Crippen molar-refractivity contribution in [1.29, 1.82) is 0 Å². The molecular weight excluding hydrogens is 174 g/mol. The van der Waals surface area contributed by atoms with Gasteiger partial charge in [0, 0.05) is 13.1 Å². The van der Waals surface area contributed by atoms with Crippen LogP contribution in [0.3, 0.4) is 0 Å². The summed E-state index contributed by atoms with van der Waals surface area (Å²) in [6.07, 6.45) is 1.70. The van der Waals surface area contributed by atoms with E-state index >= 15 is 0 Å². The first-order valence-electron chi connectivity index (χ1n) is 3.90. The van der Waals surface area contributed by atoms with Crippen LogP contribution in [0.25, 0.3) is 0 Å². The zero-order valence-electron chi connectivity index (χ0n) is 6.69. The molecule has 4 nitrogen and oxygen atoms in total. The summed E-state index contributed by atoms with van der Waals surface area (Å²) in [7, 11) is 0. The summed E-state index contributed by atoms with van der Waals surface area (Å²) in [5.41, 5.74) is 5.58. The molecule has 2 N–H and O–H groups in total. The van der Waals surface area contributed by atoms with Gasteiger partial charge in [0.05, 0.1) is 19.4 Å². The second-order valence-corrected chi connectivity index (χ2v) is 3.69. The van der Waals surface area contributed by atoms with Crippen LogP contribution in [-0.4, -0.2) is 31.3 Å². The Kier molecular flexibility index (Phi) is 2.14. The number of nitrogen functional groups attached to an aromatic ring is 1. The van der Waals surface area contributed by atoms with Gasteiger partial charge in [-0.1, -0.05) is 11.3 Å². The zero-order valence-corrected chi connectivity index (χ0v) is 7.51. The fraction of sp³-hybridized carbons (Fsp3) is 0.571. The highest BCUT2D eigenvalue weighted by Gasteiger charge is 2.13. The number of nitrogens with zero attached hydrogens (tertiary/aromatic N) is 2. The Morgan fingerprint density at radius 3 is 2.83 bits per heavy atom. The monoisotopic (exact) mass is 185 g/mol. The van der Waals surface area contributed by atoms with Crippen molar-refractivity contribution in [3.63, 3.8) is 0 Å².